The van der Waals surface area contributed by atoms with Gasteiger partial charge >= 0.3 is 12.4 Å². The van der Waals surface area contributed by atoms with Crippen LogP contribution in [0.4, 0.5) is 32.0 Å². The molecule has 1 saturated carbocycles. The molecule has 2 aromatic rings. The molecule has 0 radical (unpaired) electrons. The fourth-order valence-corrected chi connectivity index (χ4v) is 2.90. The second-order valence-corrected chi connectivity index (χ2v) is 6.92. The molecule has 1 aliphatic carbocycles. The van der Waals surface area contributed by atoms with E-state index in [0.29, 0.717) is 12.3 Å². The number of nitrogens with zero attached hydrogens (tertiary/aromatic N) is 1. The molecule has 1 aromatic carbocycles. The number of hydrogen-bond acceptors (Lipinski definition) is 4. The van der Waals surface area contributed by atoms with Crippen LogP contribution in [0.2, 0.25) is 0 Å². The fraction of sp³-hybridized carbons (Fsp3) is 0.316. The molecule has 0 spiro atoms. The lowest BCUT2D eigenvalue weighted by atomic mass is 9.82. The summed E-state index contributed by atoms with van der Waals surface area (Å²) in [5.74, 6) is -3.95. The molecule has 0 aliphatic heterocycles. The molecule has 2 amide bonds. The first kappa shape index (κ1) is 22.4. The Hall–Kier alpha value is -3.31. The van der Waals surface area contributed by atoms with Crippen LogP contribution in [0.25, 0.3) is 0 Å². The van der Waals surface area contributed by atoms with Gasteiger partial charge in [0.05, 0.1) is 11.5 Å². The Morgan fingerprint density at radius 2 is 1.77 bits per heavy atom. The molecule has 6 nitrogen and oxygen atoms in total. The highest BCUT2D eigenvalue weighted by Crippen LogP contribution is 2.43. The molecule has 1 aromatic heterocycles. The van der Waals surface area contributed by atoms with E-state index in [1.807, 2.05) is 0 Å². The molecule has 31 heavy (non-hydrogen) atoms. The van der Waals surface area contributed by atoms with Gasteiger partial charge in [0.2, 0.25) is 11.8 Å². The monoisotopic (exact) mass is 447 g/mol. The van der Waals surface area contributed by atoms with Gasteiger partial charge < -0.3 is 15.8 Å². The van der Waals surface area contributed by atoms with Crippen molar-refractivity contribution in [2.24, 2.45) is 11.7 Å². The fourth-order valence-electron chi connectivity index (χ4n) is 2.90. The van der Waals surface area contributed by atoms with E-state index in [0.717, 1.165) is 0 Å². The van der Waals surface area contributed by atoms with E-state index >= 15 is 0 Å². The van der Waals surface area contributed by atoms with E-state index in [-0.39, 0.29) is 11.3 Å². The number of benzene rings is 1. The normalized spacial score (nSPS) is 18.8. The molecule has 0 unspecified atom stereocenters. The third kappa shape index (κ3) is 5.25. The number of anilines is 1. The second-order valence-electron chi connectivity index (χ2n) is 6.92. The summed E-state index contributed by atoms with van der Waals surface area (Å²) in [6.45, 7) is 0. The summed E-state index contributed by atoms with van der Waals surface area (Å²) in [7, 11) is 0. The maximum Gasteiger partial charge on any atom is 0.417 e. The Bertz CT molecular complexity index is 1000. The Morgan fingerprint density at radius 3 is 2.35 bits per heavy atom. The van der Waals surface area contributed by atoms with E-state index < -0.39 is 66.0 Å². The number of nitrogens with two attached hydrogens (primary N) is 1. The summed E-state index contributed by atoms with van der Waals surface area (Å²) in [5, 5.41) is 2.30. The van der Waals surface area contributed by atoms with Crippen molar-refractivity contribution in [3.05, 3.63) is 53.2 Å². The maximum atomic E-state index is 13.1. The average Bonchev–Trinajstić information content (AvgIpc) is 2.62. The van der Waals surface area contributed by atoms with Gasteiger partial charge in [-0.3, -0.25) is 9.59 Å². The van der Waals surface area contributed by atoms with Crippen molar-refractivity contribution in [2.45, 2.75) is 31.3 Å². The van der Waals surface area contributed by atoms with Crippen molar-refractivity contribution in [3.63, 3.8) is 0 Å². The van der Waals surface area contributed by atoms with Gasteiger partial charge in [0, 0.05) is 17.4 Å². The summed E-state index contributed by atoms with van der Waals surface area (Å²) >= 11 is 0. The zero-order chi connectivity index (χ0) is 23.0. The molecule has 1 fully saturated rings. The average molecular weight is 447 g/mol. The molecule has 1 heterocycles. The van der Waals surface area contributed by atoms with Crippen molar-refractivity contribution in [1.82, 2.24) is 4.98 Å². The molecule has 166 valence electrons. The molecular formula is C19H15F6N3O3. The van der Waals surface area contributed by atoms with E-state index in [4.69, 9.17) is 10.5 Å². The van der Waals surface area contributed by atoms with Gasteiger partial charge in [-0.15, -0.1) is 0 Å². The van der Waals surface area contributed by atoms with E-state index in [1.165, 1.54) is 24.3 Å². The highest BCUT2D eigenvalue weighted by Gasteiger charge is 2.49. The minimum absolute atomic E-state index is 0.0455. The number of hydrogen-bond donors (Lipinski definition) is 2. The summed E-state index contributed by atoms with van der Waals surface area (Å²) in [6, 6.07) is 5.83. The van der Waals surface area contributed by atoms with Crippen molar-refractivity contribution in [2.75, 3.05) is 5.32 Å². The predicted molar refractivity (Wildman–Crippen MR) is 95.3 cm³/mol. The number of rotatable bonds is 5. The lowest BCUT2D eigenvalue weighted by molar-refractivity contribution is -0.210. The molecule has 12 heteroatoms. The van der Waals surface area contributed by atoms with Crippen LogP contribution in [0.5, 0.6) is 5.88 Å². The van der Waals surface area contributed by atoms with Crippen LogP contribution in [0.3, 0.4) is 0 Å². The van der Waals surface area contributed by atoms with Gasteiger partial charge in [-0.1, -0.05) is 6.07 Å². The summed E-state index contributed by atoms with van der Waals surface area (Å²) in [6.07, 6.45) is -10.5. The second kappa shape index (κ2) is 8.08. The number of carbonyl (C=O) groups excluding carboxylic acids is 2. The molecule has 0 atom stereocenters. The molecule has 3 rings (SSSR count). The smallest absolute Gasteiger partial charge is 0.417 e. The topological polar surface area (TPSA) is 94.3 Å². The number of nitrogens with one attached hydrogen (secondary N) is 1. The maximum absolute atomic E-state index is 13.1. The summed E-state index contributed by atoms with van der Waals surface area (Å²) in [5.41, 5.74) is 3.40. The molecule has 0 bridgehead atoms. The van der Waals surface area contributed by atoms with E-state index in [9.17, 15) is 35.9 Å². The first-order valence-electron chi connectivity index (χ1n) is 8.86. The van der Waals surface area contributed by atoms with Crippen LogP contribution >= 0.6 is 0 Å². The van der Waals surface area contributed by atoms with E-state index in [2.05, 4.69) is 10.3 Å². The number of halogens is 6. The predicted octanol–water partition coefficient (Wildman–Crippen LogP) is 4.17. The van der Waals surface area contributed by atoms with Crippen LogP contribution in [0, 0.1) is 5.92 Å². The number of pyridine rings is 1. The van der Waals surface area contributed by atoms with Crippen LogP contribution < -0.4 is 15.8 Å². The highest BCUT2D eigenvalue weighted by atomic mass is 19.4. The van der Waals surface area contributed by atoms with Crippen LogP contribution in [0.15, 0.2) is 36.5 Å². The lowest BCUT2D eigenvalue weighted by Crippen LogP contribution is -2.42. The van der Waals surface area contributed by atoms with Gasteiger partial charge in [-0.05, 0) is 37.1 Å². The third-order valence-electron chi connectivity index (χ3n) is 4.66. The van der Waals surface area contributed by atoms with Crippen molar-refractivity contribution >= 4 is 17.5 Å². The number of aromatic nitrogens is 1. The minimum Gasteiger partial charge on any atom is -0.474 e. The molecular weight excluding hydrogens is 432 g/mol. The Kier molecular flexibility index (Phi) is 5.83. The van der Waals surface area contributed by atoms with Crippen LogP contribution in [0.1, 0.15) is 39.1 Å². The zero-order valence-electron chi connectivity index (χ0n) is 15.6. The standard InChI is InChI=1S/C19H15F6N3O3/c20-18(21,22)10-5-13(6-10)31-17-14(7-11(8-27-17)19(23,24)25)16(30)28-12-3-1-2-9(4-12)15(26)29/h1-4,7-8,10,13H,5-6H2,(H2,26,29)(H,28,30). The Labute approximate surface area is 171 Å². The Morgan fingerprint density at radius 1 is 1.10 bits per heavy atom. The van der Waals surface area contributed by atoms with Crippen molar-refractivity contribution in [1.29, 1.82) is 0 Å². The van der Waals surface area contributed by atoms with Gasteiger partial charge in [0.25, 0.3) is 5.91 Å². The molecule has 3 N–H and O–H groups in total. The summed E-state index contributed by atoms with van der Waals surface area (Å²) in [4.78, 5) is 27.4. The van der Waals surface area contributed by atoms with Gasteiger partial charge in [-0.25, -0.2) is 4.98 Å². The minimum atomic E-state index is -4.82. The molecule has 0 saturated heterocycles. The zero-order valence-corrected chi connectivity index (χ0v) is 15.6. The number of alkyl halides is 6. The van der Waals surface area contributed by atoms with Gasteiger partial charge in [-0.2, -0.15) is 26.3 Å². The number of carbonyl (C=O) groups is 2. The van der Waals surface area contributed by atoms with Gasteiger partial charge in [0.1, 0.15) is 11.7 Å². The lowest BCUT2D eigenvalue weighted by Gasteiger charge is -2.36. The Balaban J connectivity index is 1.85. The number of amides is 2. The first-order valence-corrected chi connectivity index (χ1v) is 8.86. The SMILES string of the molecule is NC(=O)c1cccc(NC(=O)c2cc(C(F)(F)F)cnc2OC2CC(C(F)(F)F)C2)c1. The van der Waals surface area contributed by atoms with Crippen molar-refractivity contribution < 1.29 is 40.7 Å². The van der Waals surface area contributed by atoms with Crippen molar-refractivity contribution in [3.8, 4) is 5.88 Å². The third-order valence-corrected chi connectivity index (χ3v) is 4.66. The van der Waals surface area contributed by atoms with Gasteiger partial charge in [0.15, 0.2) is 0 Å². The highest BCUT2D eigenvalue weighted by molar-refractivity contribution is 6.06. The first-order chi connectivity index (χ1) is 14.3. The van der Waals surface area contributed by atoms with Crippen LogP contribution in [-0.4, -0.2) is 29.1 Å². The molecule has 1 aliphatic rings. The van der Waals surface area contributed by atoms with Crippen LogP contribution in [-0.2, 0) is 6.18 Å². The van der Waals surface area contributed by atoms with E-state index in [1.54, 1.807) is 0 Å². The number of primary amides is 1. The largest absolute Gasteiger partial charge is 0.474 e. The quantitative estimate of drug-likeness (QED) is 0.673. The number of ether oxygens (including phenoxy) is 1. The summed E-state index contributed by atoms with van der Waals surface area (Å²) < 4.78 is 82.4.